The van der Waals surface area contributed by atoms with Crippen LogP contribution in [0.5, 0.6) is 0 Å². The highest BCUT2D eigenvalue weighted by Crippen LogP contribution is 2.13. The summed E-state index contributed by atoms with van der Waals surface area (Å²) in [6, 6.07) is 0.546. The molecule has 0 aliphatic rings. The van der Waals surface area contributed by atoms with E-state index in [-0.39, 0.29) is 0 Å². The van der Waals surface area contributed by atoms with Crippen molar-refractivity contribution in [2.75, 3.05) is 33.7 Å². The number of hydrogen-bond acceptors (Lipinski definition) is 5. The predicted molar refractivity (Wildman–Crippen MR) is 79.0 cm³/mol. The Kier molecular flexibility index (Phi) is 6.78. The summed E-state index contributed by atoms with van der Waals surface area (Å²) in [4.78, 5) is 9.32. The van der Waals surface area contributed by atoms with Crippen molar-refractivity contribution in [2.45, 2.75) is 32.9 Å². The van der Waals surface area contributed by atoms with Gasteiger partial charge in [0.15, 0.2) is 0 Å². The van der Waals surface area contributed by atoms with E-state index in [1.165, 1.54) is 5.69 Å². The molecule has 0 aromatic carbocycles. The van der Waals surface area contributed by atoms with Crippen LogP contribution < -0.4 is 5.73 Å². The van der Waals surface area contributed by atoms with E-state index < -0.39 is 0 Å². The maximum absolute atomic E-state index is 5.55. The molecule has 4 nitrogen and oxygen atoms in total. The molecule has 0 aliphatic heterocycles. The van der Waals surface area contributed by atoms with E-state index >= 15 is 0 Å². The second-order valence-corrected chi connectivity index (χ2v) is 5.89. The fourth-order valence-electron chi connectivity index (χ4n) is 2.09. The standard InChI is InChI=1S/C13H26N4S/c1-5-17(11(2)8-16(3)4)9-12-10-18-13(15-12)6-7-14/h10-11H,5-9,14H2,1-4H3. The zero-order valence-corrected chi connectivity index (χ0v) is 12.8. The van der Waals surface area contributed by atoms with Gasteiger partial charge in [-0.15, -0.1) is 11.3 Å². The fraction of sp³-hybridized carbons (Fsp3) is 0.769. The minimum absolute atomic E-state index is 0.546. The third-order valence-electron chi connectivity index (χ3n) is 2.98. The van der Waals surface area contributed by atoms with Crippen molar-refractivity contribution in [3.63, 3.8) is 0 Å². The van der Waals surface area contributed by atoms with Crippen LogP contribution in [0, 0.1) is 0 Å². The second-order valence-electron chi connectivity index (χ2n) is 4.95. The lowest BCUT2D eigenvalue weighted by Crippen LogP contribution is -2.39. The van der Waals surface area contributed by atoms with E-state index in [0.29, 0.717) is 12.6 Å². The lowest BCUT2D eigenvalue weighted by Gasteiger charge is -2.29. The summed E-state index contributed by atoms with van der Waals surface area (Å²) >= 11 is 1.72. The number of nitrogens with two attached hydrogens (primary N) is 1. The first-order chi connectivity index (χ1) is 8.56. The Balaban J connectivity index is 2.55. The Morgan fingerprint density at radius 3 is 2.72 bits per heavy atom. The fourth-order valence-corrected chi connectivity index (χ4v) is 2.90. The molecule has 1 rings (SSSR count). The van der Waals surface area contributed by atoms with Gasteiger partial charge in [-0.05, 0) is 34.1 Å². The van der Waals surface area contributed by atoms with Crippen LogP contribution in [-0.4, -0.2) is 54.6 Å². The quantitative estimate of drug-likeness (QED) is 0.776. The van der Waals surface area contributed by atoms with Crippen molar-refractivity contribution < 1.29 is 0 Å². The van der Waals surface area contributed by atoms with Gasteiger partial charge in [-0.25, -0.2) is 4.98 Å². The number of likely N-dealkylation sites (N-methyl/N-ethyl adjacent to an activating group) is 2. The highest BCUT2D eigenvalue weighted by atomic mass is 32.1. The molecule has 5 heteroatoms. The van der Waals surface area contributed by atoms with Crippen LogP contribution in [-0.2, 0) is 13.0 Å². The predicted octanol–water partition coefficient (Wildman–Crippen LogP) is 1.42. The molecular formula is C13H26N4S. The van der Waals surface area contributed by atoms with Crippen LogP contribution in [0.3, 0.4) is 0 Å². The smallest absolute Gasteiger partial charge is 0.0941 e. The molecule has 1 atom stereocenters. The van der Waals surface area contributed by atoms with Crippen LogP contribution in [0.2, 0.25) is 0 Å². The number of thiazole rings is 1. The first kappa shape index (κ1) is 15.6. The summed E-state index contributed by atoms with van der Waals surface area (Å²) in [6.45, 7) is 8.23. The van der Waals surface area contributed by atoms with Gasteiger partial charge < -0.3 is 10.6 Å². The highest BCUT2D eigenvalue weighted by Gasteiger charge is 2.14. The van der Waals surface area contributed by atoms with Gasteiger partial charge in [0.1, 0.15) is 0 Å². The molecule has 0 spiro atoms. The van der Waals surface area contributed by atoms with Gasteiger partial charge in [-0.3, -0.25) is 4.90 Å². The van der Waals surface area contributed by atoms with E-state index in [0.717, 1.165) is 31.1 Å². The maximum atomic E-state index is 5.55. The van der Waals surface area contributed by atoms with E-state index in [2.05, 4.69) is 48.1 Å². The van der Waals surface area contributed by atoms with Gasteiger partial charge in [0, 0.05) is 30.9 Å². The molecule has 2 N–H and O–H groups in total. The lowest BCUT2D eigenvalue weighted by atomic mass is 10.2. The Morgan fingerprint density at radius 1 is 1.44 bits per heavy atom. The minimum atomic E-state index is 0.546. The van der Waals surface area contributed by atoms with E-state index in [4.69, 9.17) is 5.73 Å². The van der Waals surface area contributed by atoms with Crippen molar-refractivity contribution in [3.8, 4) is 0 Å². The van der Waals surface area contributed by atoms with Crippen LogP contribution >= 0.6 is 11.3 Å². The number of nitrogens with zero attached hydrogens (tertiary/aromatic N) is 3. The van der Waals surface area contributed by atoms with Gasteiger partial charge in [0.25, 0.3) is 0 Å². The third kappa shape index (κ3) is 5.02. The molecule has 0 saturated carbocycles. The molecule has 1 unspecified atom stereocenters. The molecule has 104 valence electrons. The number of hydrogen-bond donors (Lipinski definition) is 1. The number of rotatable bonds is 8. The van der Waals surface area contributed by atoms with Crippen molar-refractivity contribution in [1.29, 1.82) is 0 Å². The molecule has 0 saturated heterocycles. The zero-order valence-electron chi connectivity index (χ0n) is 12.0. The Hall–Kier alpha value is -0.490. The zero-order chi connectivity index (χ0) is 13.5. The van der Waals surface area contributed by atoms with Crippen molar-refractivity contribution in [2.24, 2.45) is 5.73 Å². The maximum Gasteiger partial charge on any atom is 0.0941 e. The van der Waals surface area contributed by atoms with E-state index in [1.807, 2.05) is 0 Å². The molecule has 0 radical (unpaired) electrons. The summed E-state index contributed by atoms with van der Waals surface area (Å²) in [5.74, 6) is 0. The summed E-state index contributed by atoms with van der Waals surface area (Å²) in [5.41, 5.74) is 6.73. The molecule has 1 aromatic rings. The normalized spacial score (nSPS) is 13.5. The first-order valence-electron chi connectivity index (χ1n) is 6.59. The molecule has 1 heterocycles. The first-order valence-corrected chi connectivity index (χ1v) is 7.46. The van der Waals surface area contributed by atoms with Crippen molar-refractivity contribution in [3.05, 3.63) is 16.1 Å². The van der Waals surface area contributed by atoms with E-state index in [9.17, 15) is 0 Å². The van der Waals surface area contributed by atoms with Gasteiger partial charge >= 0.3 is 0 Å². The van der Waals surface area contributed by atoms with Gasteiger partial charge in [0.2, 0.25) is 0 Å². The van der Waals surface area contributed by atoms with Gasteiger partial charge in [-0.2, -0.15) is 0 Å². The second kappa shape index (κ2) is 7.84. The molecule has 0 fully saturated rings. The molecule has 0 aliphatic carbocycles. The van der Waals surface area contributed by atoms with Crippen LogP contribution in [0.15, 0.2) is 5.38 Å². The largest absolute Gasteiger partial charge is 0.330 e. The van der Waals surface area contributed by atoms with Crippen LogP contribution in [0.25, 0.3) is 0 Å². The monoisotopic (exact) mass is 270 g/mol. The van der Waals surface area contributed by atoms with Gasteiger partial charge in [0.05, 0.1) is 10.7 Å². The van der Waals surface area contributed by atoms with E-state index in [1.54, 1.807) is 11.3 Å². The average Bonchev–Trinajstić information content (AvgIpc) is 2.73. The summed E-state index contributed by atoms with van der Waals surface area (Å²) in [5, 5.41) is 3.32. The Bertz CT molecular complexity index is 337. The van der Waals surface area contributed by atoms with Crippen LogP contribution in [0.1, 0.15) is 24.5 Å². The minimum Gasteiger partial charge on any atom is -0.330 e. The SMILES string of the molecule is CCN(Cc1csc(CCN)n1)C(C)CN(C)C. The van der Waals surface area contributed by atoms with Crippen LogP contribution in [0.4, 0.5) is 0 Å². The van der Waals surface area contributed by atoms with Crippen molar-refractivity contribution >= 4 is 11.3 Å². The summed E-state index contributed by atoms with van der Waals surface area (Å²) in [6.07, 6.45) is 0.893. The molecular weight excluding hydrogens is 244 g/mol. The Labute approximate surface area is 115 Å². The summed E-state index contributed by atoms with van der Waals surface area (Å²) in [7, 11) is 4.24. The van der Waals surface area contributed by atoms with Crippen molar-refractivity contribution in [1.82, 2.24) is 14.8 Å². The third-order valence-corrected chi connectivity index (χ3v) is 3.94. The molecule has 18 heavy (non-hydrogen) atoms. The lowest BCUT2D eigenvalue weighted by molar-refractivity contribution is 0.172. The van der Waals surface area contributed by atoms with Gasteiger partial charge in [-0.1, -0.05) is 6.92 Å². The Morgan fingerprint density at radius 2 is 2.17 bits per heavy atom. The average molecular weight is 270 g/mol. The summed E-state index contributed by atoms with van der Waals surface area (Å²) < 4.78 is 0. The molecule has 0 bridgehead atoms. The highest BCUT2D eigenvalue weighted by molar-refractivity contribution is 7.09. The molecule has 0 amide bonds. The number of aromatic nitrogens is 1. The topological polar surface area (TPSA) is 45.4 Å². The molecule has 1 aromatic heterocycles.